The second kappa shape index (κ2) is 6.63. The van der Waals surface area contributed by atoms with Gasteiger partial charge in [0, 0.05) is 10.4 Å². The summed E-state index contributed by atoms with van der Waals surface area (Å²) in [5.41, 5.74) is 1.85. The fraction of sp³-hybridized carbons (Fsp3) is 0.333. The summed E-state index contributed by atoms with van der Waals surface area (Å²) in [6.45, 7) is 2.07. The molecule has 0 saturated carbocycles. The minimum absolute atomic E-state index is 0.0677. The van der Waals surface area contributed by atoms with Crippen LogP contribution in [-0.4, -0.2) is 12.6 Å². The van der Waals surface area contributed by atoms with Crippen molar-refractivity contribution < 1.29 is 9.53 Å². The van der Waals surface area contributed by atoms with Crippen LogP contribution in [0.15, 0.2) is 16.6 Å². The van der Waals surface area contributed by atoms with E-state index in [1.54, 1.807) is 19.1 Å². The molecule has 0 N–H and O–H groups in total. The molecule has 0 bridgehead atoms. The van der Waals surface area contributed by atoms with Crippen molar-refractivity contribution in [3.05, 3.63) is 33.3 Å². The number of hydrogen-bond donors (Lipinski definition) is 0. The maximum absolute atomic E-state index is 11.5. The van der Waals surface area contributed by atoms with Crippen LogP contribution in [-0.2, 0) is 21.8 Å². The number of ether oxygens (including phenoxy) is 1. The van der Waals surface area contributed by atoms with E-state index >= 15 is 0 Å². The molecule has 0 aromatic heterocycles. The minimum Gasteiger partial charge on any atom is -0.466 e. The molecule has 0 aliphatic carbocycles. The van der Waals surface area contributed by atoms with Crippen molar-refractivity contribution in [3.63, 3.8) is 0 Å². The lowest BCUT2D eigenvalue weighted by atomic mass is 10.00. The molecule has 90 valence electrons. The maximum atomic E-state index is 11.5. The molecule has 0 atom stereocenters. The molecule has 5 heteroatoms. The second-order valence-electron chi connectivity index (χ2n) is 3.28. The highest BCUT2D eigenvalue weighted by Gasteiger charge is 2.15. The second-order valence-corrected chi connectivity index (χ2v) is 4.40. The van der Waals surface area contributed by atoms with Crippen LogP contribution in [0.4, 0.5) is 0 Å². The van der Waals surface area contributed by atoms with Gasteiger partial charge in [0.25, 0.3) is 0 Å². The molecule has 0 amide bonds. The highest BCUT2D eigenvalue weighted by molar-refractivity contribution is 9.10. The van der Waals surface area contributed by atoms with Crippen LogP contribution in [0.2, 0.25) is 0 Å². The lowest BCUT2D eigenvalue weighted by Crippen LogP contribution is -2.10. The molecule has 0 heterocycles. The van der Waals surface area contributed by atoms with Crippen molar-refractivity contribution in [1.29, 1.82) is 5.26 Å². The van der Waals surface area contributed by atoms with E-state index in [1.165, 1.54) is 0 Å². The Morgan fingerprint density at radius 2 is 2.24 bits per heavy atom. The first-order valence-electron chi connectivity index (χ1n) is 5.06. The Hall–Kier alpha value is -1.05. The standard InChI is InChI=1S/C12H11BrClNO2/c1-2-17-12(16)5-9-8(7-15)3-4-11(13)10(9)6-14/h3-4H,2,5-6H2,1H3. The van der Waals surface area contributed by atoms with Crippen molar-refractivity contribution in [2.24, 2.45) is 0 Å². The highest BCUT2D eigenvalue weighted by atomic mass is 79.9. The number of nitriles is 1. The number of carbonyl (C=O) groups excluding carboxylic acids is 1. The molecule has 17 heavy (non-hydrogen) atoms. The van der Waals surface area contributed by atoms with Gasteiger partial charge in [0.05, 0.1) is 24.7 Å². The Morgan fingerprint density at radius 3 is 2.76 bits per heavy atom. The van der Waals surface area contributed by atoms with Gasteiger partial charge in [0.2, 0.25) is 0 Å². The van der Waals surface area contributed by atoms with Crippen LogP contribution in [0.1, 0.15) is 23.6 Å². The first-order valence-corrected chi connectivity index (χ1v) is 6.38. The number of esters is 1. The quantitative estimate of drug-likeness (QED) is 0.633. The molecule has 3 nitrogen and oxygen atoms in total. The summed E-state index contributed by atoms with van der Waals surface area (Å²) in [5, 5.41) is 9.01. The van der Waals surface area contributed by atoms with Gasteiger partial charge in [-0.2, -0.15) is 5.26 Å². The molecule has 0 radical (unpaired) electrons. The van der Waals surface area contributed by atoms with Crippen LogP contribution in [0, 0.1) is 11.3 Å². The molecule has 1 aromatic carbocycles. The van der Waals surface area contributed by atoms with Gasteiger partial charge >= 0.3 is 5.97 Å². The molecule has 1 rings (SSSR count). The van der Waals surface area contributed by atoms with Gasteiger partial charge in [-0.1, -0.05) is 15.9 Å². The number of rotatable bonds is 4. The van der Waals surface area contributed by atoms with E-state index in [-0.39, 0.29) is 18.3 Å². The topological polar surface area (TPSA) is 50.1 Å². The first kappa shape index (κ1) is 14.0. The van der Waals surface area contributed by atoms with Crippen molar-refractivity contribution in [3.8, 4) is 6.07 Å². The first-order chi connectivity index (χ1) is 8.13. The summed E-state index contributed by atoms with van der Waals surface area (Å²) in [7, 11) is 0. The predicted octanol–water partition coefficient (Wildman–Crippen LogP) is 3.17. The fourth-order valence-corrected chi connectivity index (χ4v) is 2.45. The summed E-state index contributed by atoms with van der Waals surface area (Å²) in [4.78, 5) is 11.5. The molecule has 0 aliphatic rings. The Balaban J connectivity index is 3.15. The van der Waals surface area contributed by atoms with Crippen molar-refractivity contribution in [1.82, 2.24) is 0 Å². The summed E-state index contributed by atoms with van der Waals surface area (Å²) >= 11 is 9.19. The van der Waals surface area contributed by atoms with E-state index in [1.807, 2.05) is 0 Å². The lowest BCUT2D eigenvalue weighted by molar-refractivity contribution is -0.142. The van der Waals surface area contributed by atoms with Gasteiger partial charge in [0.15, 0.2) is 0 Å². The number of carbonyl (C=O) groups is 1. The third kappa shape index (κ3) is 3.45. The molecule has 0 fully saturated rings. The third-order valence-electron chi connectivity index (χ3n) is 2.25. The molecular weight excluding hydrogens is 305 g/mol. The summed E-state index contributed by atoms with van der Waals surface area (Å²) in [6.07, 6.45) is 0.0677. The van der Waals surface area contributed by atoms with E-state index in [9.17, 15) is 4.79 Å². The van der Waals surface area contributed by atoms with E-state index in [2.05, 4.69) is 22.0 Å². The SMILES string of the molecule is CCOC(=O)Cc1c(C#N)ccc(Br)c1CCl. The number of halogens is 2. The number of nitrogens with zero attached hydrogens (tertiary/aromatic N) is 1. The molecule has 0 aliphatic heterocycles. The van der Waals surface area contributed by atoms with Crippen molar-refractivity contribution in [2.45, 2.75) is 19.2 Å². The van der Waals surface area contributed by atoms with Crippen LogP contribution in [0.5, 0.6) is 0 Å². The molecular formula is C12H11BrClNO2. The third-order valence-corrected chi connectivity index (χ3v) is 3.26. The minimum atomic E-state index is -0.353. The van der Waals surface area contributed by atoms with Gasteiger partial charge in [-0.05, 0) is 30.2 Å². The largest absolute Gasteiger partial charge is 0.466 e. The lowest BCUT2D eigenvalue weighted by Gasteiger charge is -2.10. The van der Waals surface area contributed by atoms with Crippen LogP contribution >= 0.6 is 27.5 Å². The van der Waals surface area contributed by atoms with Crippen LogP contribution in [0.3, 0.4) is 0 Å². The Bertz CT molecular complexity index is 468. The normalized spacial score (nSPS) is 9.76. The Labute approximate surface area is 113 Å². The van der Waals surface area contributed by atoms with Gasteiger partial charge in [-0.25, -0.2) is 0 Å². The van der Waals surface area contributed by atoms with E-state index in [0.717, 1.165) is 10.0 Å². The smallest absolute Gasteiger partial charge is 0.310 e. The molecule has 0 unspecified atom stereocenters. The monoisotopic (exact) mass is 315 g/mol. The van der Waals surface area contributed by atoms with Crippen LogP contribution in [0.25, 0.3) is 0 Å². The maximum Gasteiger partial charge on any atom is 0.310 e. The van der Waals surface area contributed by atoms with E-state index in [0.29, 0.717) is 17.7 Å². The Kier molecular flexibility index (Phi) is 5.46. The van der Waals surface area contributed by atoms with Crippen molar-refractivity contribution >= 4 is 33.5 Å². The summed E-state index contributed by atoms with van der Waals surface area (Å²) < 4.78 is 5.67. The highest BCUT2D eigenvalue weighted by Crippen LogP contribution is 2.26. The van der Waals surface area contributed by atoms with Gasteiger partial charge < -0.3 is 4.74 Å². The van der Waals surface area contributed by atoms with Gasteiger partial charge in [0.1, 0.15) is 0 Å². The number of hydrogen-bond acceptors (Lipinski definition) is 3. The fourth-order valence-electron chi connectivity index (χ4n) is 1.47. The average molecular weight is 317 g/mol. The summed E-state index contributed by atoms with van der Waals surface area (Å²) in [5.74, 6) is -0.112. The van der Waals surface area contributed by atoms with Gasteiger partial charge in [-0.15, -0.1) is 11.6 Å². The average Bonchev–Trinajstić information content (AvgIpc) is 2.30. The Morgan fingerprint density at radius 1 is 1.53 bits per heavy atom. The number of benzene rings is 1. The number of alkyl halides is 1. The zero-order valence-corrected chi connectivity index (χ0v) is 11.6. The zero-order valence-electron chi connectivity index (χ0n) is 9.30. The molecule has 0 saturated heterocycles. The predicted molar refractivity (Wildman–Crippen MR) is 68.8 cm³/mol. The zero-order chi connectivity index (χ0) is 12.8. The van der Waals surface area contributed by atoms with Gasteiger partial charge in [-0.3, -0.25) is 4.79 Å². The summed E-state index contributed by atoms with van der Waals surface area (Å²) in [6, 6.07) is 5.47. The van der Waals surface area contributed by atoms with Crippen molar-refractivity contribution in [2.75, 3.05) is 6.61 Å². The van der Waals surface area contributed by atoms with E-state index in [4.69, 9.17) is 21.6 Å². The molecule has 1 aromatic rings. The van der Waals surface area contributed by atoms with E-state index < -0.39 is 0 Å². The van der Waals surface area contributed by atoms with Crippen LogP contribution < -0.4 is 0 Å². The molecule has 0 spiro atoms.